The van der Waals surface area contributed by atoms with E-state index in [9.17, 15) is 5.11 Å². The van der Waals surface area contributed by atoms with E-state index < -0.39 is 0 Å². The van der Waals surface area contributed by atoms with Crippen LogP contribution in [0.5, 0.6) is 5.75 Å². The first kappa shape index (κ1) is 12.5. The molecule has 1 fully saturated rings. The van der Waals surface area contributed by atoms with Gasteiger partial charge in [-0.05, 0) is 29.7 Å². The summed E-state index contributed by atoms with van der Waals surface area (Å²) in [5, 5.41) is 11.8. The van der Waals surface area contributed by atoms with E-state index in [2.05, 4.69) is 0 Å². The first-order valence-electron chi connectivity index (χ1n) is 6.74. The summed E-state index contributed by atoms with van der Waals surface area (Å²) in [5.41, 5.74) is 0.857. The molecule has 19 heavy (non-hydrogen) atoms. The molecule has 1 heterocycles. The molecule has 0 aliphatic carbocycles. The molecule has 1 aliphatic rings. The second-order valence-electron chi connectivity index (χ2n) is 4.87. The van der Waals surface area contributed by atoms with Crippen LogP contribution in [0.2, 0.25) is 0 Å². The Bertz CT molecular complexity index is 559. The fourth-order valence-electron chi connectivity index (χ4n) is 2.57. The van der Waals surface area contributed by atoms with Crippen molar-refractivity contribution in [1.82, 2.24) is 0 Å². The van der Waals surface area contributed by atoms with Crippen molar-refractivity contribution in [2.24, 2.45) is 0 Å². The van der Waals surface area contributed by atoms with Crippen molar-refractivity contribution in [3.8, 4) is 5.75 Å². The molecule has 3 rings (SSSR count). The van der Waals surface area contributed by atoms with Crippen LogP contribution in [0.4, 0.5) is 0 Å². The Morgan fingerprint density at radius 1 is 1.21 bits per heavy atom. The number of benzene rings is 2. The first-order chi connectivity index (χ1) is 9.38. The average Bonchev–Trinajstić information content (AvgIpc) is 2.97. The second-order valence-corrected chi connectivity index (χ2v) is 4.87. The molecule has 0 radical (unpaired) electrons. The highest BCUT2D eigenvalue weighted by atomic mass is 16.5. The maximum Gasteiger partial charge on any atom is 0.125 e. The van der Waals surface area contributed by atoms with Gasteiger partial charge in [-0.1, -0.05) is 30.3 Å². The molecule has 1 aliphatic heterocycles. The molecule has 0 amide bonds. The van der Waals surface area contributed by atoms with Gasteiger partial charge in [-0.3, -0.25) is 0 Å². The van der Waals surface area contributed by atoms with E-state index in [1.54, 1.807) is 0 Å². The lowest BCUT2D eigenvalue weighted by Crippen LogP contribution is -2.16. The number of aliphatic hydroxyl groups is 1. The second kappa shape index (κ2) is 5.59. The van der Waals surface area contributed by atoms with Gasteiger partial charge < -0.3 is 14.6 Å². The van der Waals surface area contributed by atoms with Gasteiger partial charge in [0.05, 0.1) is 12.7 Å². The number of aliphatic hydroxyl groups excluding tert-OH is 1. The largest absolute Gasteiger partial charge is 0.490 e. The van der Waals surface area contributed by atoms with Gasteiger partial charge in [0.1, 0.15) is 12.4 Å². The van der Waals surface area contributed by atoms with Crippen molar-refractivity contribution in [3.63, 3.8) is 0 Å². The minimum atomic E-state index is -0.0117. The van der Waals surface area contributed by atoms with E-state index in [0.717, 1.165) is 41.5 Å². The molecular weight excluding hydrogens is 240 g/mol. The molecule has 3 nitrogen and oxygen atoms in total. The van der Waals surface area contributed by atoms with Crippen molar-refractivity contribution in [3.05, 3.63) is 42.0 Å². The van der Waals surface area contributed by atoms with E-state index in [1.807, 2.05) is 36.4 Å². The molecule has 1 N–H and O–H groups in total. The number of ether oxygens (including phenoxy) is 2. The maximum atomic E-state index is 9.60. The highest BCUT2D eigenvalue weighted by molar-refractivity contribution is 5.87. The van der Waals surface area contributed by atoms with Crippen molar-refractivity contribution < 1.29 is 14.6 Å². The normalized spacial score (nSPS) is 18.9. The molecule has 100 valence electrons. The van der Waals surface area contributed by atoms with Crippen LogP contribution < -0.4 is 4.74 Å². The van der Waals surface area contributed by atoms with Crippen molar-refractivity contribution >= 4 is 10.8 Å². The van der Waals surface area contributed by atoms with Crippen LogP contribution in [0.3, 0.4) is 0 Å². The molecular formula is C16H18O3. The molecule has 1 unspecified atom stereocenters. The van der Waals surface area contributed by atoms with Gasteiger partial charge >= 0.3 is 0 Å². The van der Waals surface area contributed by atoms with Crippen LogP contribution in [0.25, 0.3) is 10.8 Å². The van der Waals surface area contributed by atoms with Crippen LogP contribution >= 0.6 is 0 Å². The summed E-state index contributed by atoms with van der Waals surface area (Å²) < 4.78 is 11.4. The third-order valence-corrected chi connectivity index (χ3v) is 3.60. The van der Waals surface area contributed by atoms with E-state index in [1.165, 1.54) is 0 Å². The van der Waals surface area contributed by atoms with Crippen LogP contribution in [0, 0.1) is 0 Å². The molecule has 2 aromatic carbocycles. The van der Waals surface area contributed by atoms with E-state index in [-0.39, 0.29) is 12.7 Å². The zero-order valence-corrected chi connectivity index (χ0v) is 10.8. The average molecular weight is 258 g/mol. The summed E-state index contributed by atoms with van der Waals surface area (Å²) in [6, 6.07) is 12.0. The number of hydrogen-bond donors (Lipinski definition) is 1. The topological polar surface area (TPSA) is 38.7 Å². The minimum absolute atomic E-state index is 0.0117. The lowest BCUT2D eigenvalue weighted by atomic mass is 10.0. The zero-order valence-electron chi connectivity index (χ0n) is 10.8. The van der Waals surface area contributed by atoms with Crippen molar-refractivity contribution in [2.45, 2.75) is 25.6 Å². The molecule has 0 bridgehead atoms. The number of rotatable bonds is 4. The Morgan fingerprint density at radius 2 is 2.11 bits per heavy atom. The number of hydrogen-bond acceptors (Lipinski definition) is 3. The fraction of sp³-hybridized carbons (Fsp3) is 0.375. The highest BCUT2D eigenvalue weighted by Crippen LogP contribution is 2.28. The Morgan fingerprint density at radius 3 is 2.89 bits per heavy atom. The molecule has 2 aromatic rings. The smallest absolute Gasteiger partial charge is 0.125 e. The van der Waals surface area contributed by atoms with Crippen LogP contribution in [-0.2, 0) is 11.3 Å². The van der Waals surface area contributed by atoms with Gasteiger partial charge in [-0.2, -0.15) is 0 Å². The summed E-state index contributed by atoms with van der Waals surface area (Å²) in [4.78, 5) is 0. The summed E-state index contributed by atoms with van der Waals surface area (Å²) in [5.74, 6) is 0.761. The van der Waals surface area contributed by atoms with Crippen LogP contribution in [-0.4, -0.2) is 24.4 Å². The Labute approximate surface area is 112 Å². The zero-order chi connectivity index (χ0) is 13.1. The third-order valence-electron chi connectivity index (χ3n) is 3.60. The summed E-state index contributed by atoms with van der Waals surface area (Å²) in [6.45, 7) is 1.38. The van der Waals surface area contributed by atoms with Crippen LogP contribution in [0.1, 0.15) is 18.4 Å². The van der Waals surface area contributed by atoms with Gasteiger partial charge in [0.15, 0.2) is 0 Å². The highest BCUT2D eigenvalue weighted by Gasteiger charge is 2.17. The number of fused-ring (bicyclic) bond motifs is 1. The summed E-state index contributed by atoms with van der Waals surface area (Å²) in [7, 11) is 0. The van der Waals surface area contributed by atoms with Gasteiger partial charge in [0.25, 0.3) is 0 Å². The van der Waals surface area contributed by atoms with Gasteiger partial charge in [-0.15, -0.1) is 0 Å². The van der Waals surface area contributed by atoms with Gasteiger partial charge in [-0.25, -0.2) is 0 Å². The fourth-order valence-corrected chi connectivity index (χ4v) is 2.57. The summed E-state index contributed by atoms with van der Waals surface area (Å²) >= 11 is 0. The Balaban J connectivity index is 1.85. The quantitative estimate of drug-likeness (QED) is 0.916. The molecule has 3 heteroatoms. The standard InChI is InChI=1S/C16H18O3/c17-10-15-14-6-2-1-4-12(14)7-8-16(15)19-11-13-5-3-9-18-13/h1-2,4,6-8,13,17H,3,5,9-11H2. The van der Waals surface area contributed by atoms with Crippen molar-refractivity contribution in [2.75, 3.05) is 13.2 Å². The van der Waals surface area contributed by atoms with Crippen LogP contribution in [0.15, 0.2) is 36.4 Å². The maximum absolute atomic E-state index is 9.60. The van der Waals surface area contributed by atoms with E-state index in [0.29, 0.717) is 6.61 Å². The minimum Gasteiger partial charge on any atom is -0.490 e. The summed E-state index contributed by atoms with van der Waals surface area (Å²) in [6.07, 6.45) is 2.36. The van der Waals surface area contributed by atoms with E-state index in [4.69, 9.17) is 9.47 Å². The van der Waals surface area contributed by atoms with Crippen molar-refractivity contribution in [1.29, 1.82) is 0 Å². The predicted molar refractivity (Wildman–Crippen MR) is 74.3 cm³/mol. The lowest BCUT2D eigenvalue weighted by molar-refractivity contribution is 0.0672. The molecule has 0 aromatic heterocycles. The molecule has 1 saturated heterocycles. The lowest BCUT2D eigenvalue weighted by Gasteiger charge is -2.15. The third kappa shape index (κ3) is 2.57. The molecule has 0 saturated carbocycles. The Hall–Kier alpha value is -1.58. The Kier molecular flexibility index (Phi) is 3.67. The van der Waals surface area contributed by atoms with E-state index >= 15 is 0 Å². The first-order valence-corrected chi connectivity index (χ1v) is 6.74. The SMILES string of the molecule is OCc1c(OCC2CCCO2)ccc2ccccc12. The van der Waals surface area contributed by atoms with Gasteiger partial charge in [0, 0.05) is 12.2 Å². The molecule has 1 atom stereocenters. The monoisotopic (exact) mass is 258 g/mol. The van der Waals surface area contributed by atoms with Gasteiger partial charge in [0.2, 0.25) is 0 Å². The predicted octanol–water partition coefficient (Wildman–Crippen LogP) is 2.89. The molecule has 0 spiro atoms.